The first kappa shape index (κ1) is 19.3. The summed E-state index contributed by atoms with van der Waals surface area (Å²) in [6, 6.07) is 11.0. The van der Waals surface area contributed by atoms with E-state index in [1.165, 1.54) is 0 Å². The number of nitrogens with zero attached hydrogens (tertiary/aromatic N) is 1. The fourth-order valence-corrected chi connectivity index (χ4v) is 2.94. The molecule has 1 unspecified atom stereocenters. The van der Waals surface area contributed by atoms with Crippen LogP contribution in [-0.2, 0) is 11.3 Å². The molecule has 3 rings (SSSR count). The molecule has 1 aromatic carbocycles. The molecular weight excluding hydrogens is 348 g/mol. The molecule has 0 aliphatic carbocycles. The van der Waals surface area contributed by atoms with E-state index >= 15 is 0 Å². The summed E-state index contributed by atoms with van der Waals surface area (Å²) in [7, 11) is 1.59. The van der Waals surface area contributed by atoms with Crippen molar-refractivity contribution in [3.05, 3.63) is 47.9 Å². The van der Waals surface area contributed by atoms with E-state index in [0.717, 1.165) is 26.3 Å². The number of carbonyl (C=O) groups is 1. The van der Waals surface area contributed by atoms with Gasteiger partial charge >= 0.3 is 0 Å². The van der Waals surface area contributed by atoms with Gasteiger partial charge in [-0.3, -0.25) is 9.69 Å². The monoisotopic (exact) mass is 374 g/mol. The average molecular weight is 374 g/mol. The van der Waals surface area contributed by atoms with Crippen LogP contribution in [0.25, 0.3) is 0 Å². The Morgan fingerprint density at radius 1 is 1.19 bits per heavy atom. The quantitative estimate of drug-likeness (QED) is 0.764. The minimum atomic E-state index is -0.223. The molecule has 146 valence electrons. The van der Waals surface area contributed by atoms with Crippen molar-refractivity contribution in [3.63, 3.8) is 0 Å². The van der Waals surface area contributed by atoms with E-state index in [1.54, 1.807) is 19.2 Å². The van der Waals surface area contributed by atoms with E-state index in [1.807, 2.05) is 24.3 Å². The van der Waals surface area contributed by atoms with Crippen LogP contribution in [0.1, 0.15) is 23.2 Å². The molecule has 0 spiro atoms. The summed E-state index contributed by atoms with van der Waals surface area (Å²) in [6.45, 7) is 6.15. The van der Waals surface area contributed by atoms with Gasteiger partial charge in [-0.1, -0.05) is 12.1 Å². The summed E-state index contributed by atoms with van der Waals surface area (Å²) in [6.07, 6.45) is 0. The second kappa shape index (κ2) is 9.43. The summed E-state index contributed by atoms with van der Waals surface area (Å²) in [5, 5.41) is 2.93. The van der Waals surface area contributed by atoms with Gasteiger partial charge < -0.3 is 23.9 Å². The Labute approximate surface area is 159 Å². The van der Waals surface area contributed by atoms with E-state index in [0.29, 0.717) is 23.8 Å². The maximum absolute atomic E-state index is 12.3. The van der Waals surface area contributed by atoms with Crippen LogP contribution in [0.4, 0.5) is 0 Å². The predicted octanol–water partition coefficient (Wildman–Crippen LogP) is 2.32. The number of benzene rings is 1. The molecule has 2 heterocycles. The molecule has 1 N–H and O–H groups in total. The van der Waals surface area contributed by atoms with Crippen LogP contribution in [0, 0.1) is 0 Å². The van der Waals surface area contributed by atoms with Gasteiger partial charge in [-0.15, -0.1) is 0 Å². The Kier molecular flexibility index (Phi) is 6.73. The van der Waals surface area contributed by atoms with E-state index in [2.05, 4.69) is 17.1 Å². The van der Waals surface area contributed by atoms with Gasteiger partial charge in [0.2, 0.25) is 0 Å². The number of amides is 1. The second-order valence-corrected chi connectivity index (χ2v) is 6.41. The Bertz CT molecular complexity index is 739. The first-order chi connectivity index (χ1) is 13.2. The van der Waals surface area contributed by atoms with Crippen LogP contribution in [-0.4, -0.2) is 56.8 Å². The minimum Gasteiger partial charge on any atom is -0.493 e. The fraction of sp³-hybridized carbons (Fsp3) is 0.450. The Hall–Kier alpha value is -2.51. The first-order valence-electron chi connectivity index (χ1n) is 9.12. The van der Waals surface area contributed by atoms with Crippen LogP contribution in [0.2, 0.25) is 0 Å². The van der Waals surface area contributed by atoms with Crippen molar-refractivity contribution in [1.82, 2.24) is 10.2 Å². The van der Waals surface area contributed by atoms with Gasteiger partial charge in [-0.25, -0.2) is 0 Å². The van der Waals surface area contributed by atoms with Crippen molar-refractivity contribution in [2.45, 2.75) is 19.6 Å². The smallest absolute Gasteiger partial charge is 0.287 e. The van der Waals surface area contributed by atoms with Gasteiger partial charge in [0.15, 0.2) is 17.3 Å². The zero-order valence-corrected chi connectivity index (χ0v) is 15.8. The van der Waals surface area contributed by atoms with Gasteiger partial charge in [0.1, 0.15) is 12.4 Å². The average Bonchev–Trinajstić information content (AvgIpc) is 3.20. The van der Waals surface area contributed by atoms with Gasteiger partial charge in [-0.2, -0.15) is 0 Å². The highest BCUT2D eigenvalue weighted by Gasteiger charge is 2.19. The number of furan rings is 1. The highest BCUT2D eigenvalue weighted by molar-refractivity contribution is 5.91. The van der Waals surface area contributed by atoms with Gasteiger partial charge in [0, 0.05) is 25.7 Å². The number of hydrogen-bond donors (Lipinski definition) is 1. The van der Waals surface area contributed by atoms with E-state index < -0.39 is 0 Å². The largest absolute Gasteiger partial charge is 0.493 e. The third-order valence-corrected chi connectivity index (χ3v) is 4.55. The molecule has 1 saturated heterocycles. The van der Waals surface area contributed by atoms with E-state index in [9.17, 15) is 4.79 Å². The maximum Gasteiger partial charge on any atom is 0.287 e. The molecule has 0 bridgehead atoms. The number of carbonyl (C=O) groups excluding carboxylic acids is 1. The van der Waals surface area contributed by atoms with Crippen LogP contribution in [0.3, 0.4) is 0 Å². The maximum atomic E-state index is 12.3. The summed E-state index contributed by atoms with van der Waals surface area (Å²) >= 11 is 0. The highest BCUT2D eigenvalue weighted by atomic mass is 16.5. The van der Waals surface area contributed by atoms with Crippen LogP contribution in [0.15, 0.2) is 40.8 Å². The van der Waals surface area contributed by atoms with E-state index in [-0.39, 0.29) is 24.3 Å². The Balaban J connectivity index is 1.48. The fourth-order valence-electron chi connectivity index (χ4n) is 2.94. The van der Waals surface area contributed by atoms with Gasteiger partial charge in [0.25, 0.3) is 5.91 Å². The third kappa shape index (κ3) is 5.24. The number of ether oxygens (including phenoxy) is 3. The lowest BCUT2D eigenvalue weighted by Crippen LogP contribution is -2.47. The van der Waals surface area contributed by atoms with Crippen LogP contribution in [0.5, 0.6) is 11.5 Å². The Morgan fingerprint density at radius 3 is 2.67 bits per heavy atom. The molecule has 1 atom stereocenters. The molecule has 0 saturated carbocycles. The topological polar surface area (TPSA) is 73.2 Å². The lowest BCUT2D eigenvalue weighted by molar-refractivity contribution is 0.0203. The molecule has 7 heteroatoms. The predicted molar refractivity (Wildman–Crippen MR) is 100 cm³/mol. The van der Waals surface area contributed by atoms with Crippen molar-refractivity contribution in [1.29, 1.82) is 0 Å². The SMILES string of the molecule is COc1ccccc1OCc1ccc(C(=O)NCC(C)N2CCOCC2)o1. The van der Waals surface area contributed by atoms with Crippen molar-refractivity contribution < 1.29 is 23.4 Å². The summed E-state index contributed by atoms with van der Waals surface area (Å²) < 4.78 is 21.9. The summed E-state index contributed by atoms with van der Waals surface area (Å²) in [4.78, 5) is 14.6. The van der Waals surface area contributed by atoms with Crippen molar-refractivity contribution in [2.75, 3.05) is 40.0 Å². The molecule has 1 aliphatic rings. The molecule has 1 fully saturated rings. The molecule has 7 nitrogen and oxygen atoms in total. The number of rotatable bonds is 8. The van der Waals surface area contributed by atoms with Gasteiger partial charge in [-0.05, 0) is 31.2 Å². The lowest BCUT2D eigenvalue weighted by Gasteiger charge is -2.32. The van der Waals surface area contributed by atoms with Crippen molar-refractivity contribution in [2.24, 2.45) is 0 Å². The highest BCUT2D eigenvalue weighted by Crippen LogP contribution is 2.26. The lowest BCUT2D eigenvalue weighted by atomic mass is 10.2. The number of para-hydroxylation sites is 2. The first-order valence-corrected chi connectivity index (χ1v) is 9.12. The minimum absolute atomic E-state index is 0.220. The Morgan fingerprint density at radius 2 is 1.93 bits per heavy atom. The summed E-state index contributed by atoms with van der Waals surface area (Å²) in [5.41, 5.74) is 0. The molecule has 27 heavy (non-hydrogen) atoms. The molecular formula is C20H26N2O5. The number of morpholine rings is 1. The summed E-state index contributed by atoms with van der Waals surface area (Å²) in [5.74, 6) is 1.91. The number of methoxy groups -OCH3 is 1. The standard InChI is InChI=1S/C20H26N2O5/c1-15(22-9-11-25-12-10-22)13-21-20(23)19-8-7-16(27-19)14-26-18-6-4-3-5-17(18)24-2/h3-8,15H,9-14H2,1-2H3,(H,21,23). The zero-order chi connectivity index (χ0) is 19.1. The third-order valence-electron chi connectivity index (χ3n) is 4.55. The van der Waals surface area contributed by atoms with Crippen LogP contribution < -0.4 is 14.8 Å². The molecule has 1 amide bonds. The van der Waals surface area contributed by atoms with E-state index in [4.69, 9.17) is 18.6 Å². The second-order valence-electron chi connectivity index (χ2n) is 6.41. The number of nitrogens with one attached hydrogen (secondary N) is 1. The van der Waals surface area contributed by atoms with Crippen LogP contribution >= 0.6 is 0 Å². The molecule has 0 radical (unpaired) electrons. The molecule has 1 aromatic heterocycles. The van der Waals surface area contributed by atoms with Gasteiger partial charge in [0.05, 0.1) is 20.3 Å². The van der Waals surface area contributed by atoms with Crippen molar-refractivity contribution in [3.8, 4) is 11.5 Å². The zero-order valence-electron chi connectivity index (χ0n) is 15.8. The molecule has 2 aromatic rings. The number of hydrogen-bond acceptors (Lipinski definition) is 6. The molecule has 1 aliphatic heterocycles. The van der Waals surface area contributed by atoms with Crippen molar-refractivity contribution >= 4 is 5.91 Å². The normalized spacial score (nSPS) is 15.9.